The third-order valence-electron chi connectivity index (χ3n) is 8.99. The molecule has 6 nitrogen and oxygen atoms in total. The molecule has 1 spiro atoms. The van der Waals surface area contributed by atoms with Crippen molar-refractivity contribution in [2.75, 3.05) is 24.6 Å². The summed E-state index contributed by atoms with van der Waals surface area (Å²) in [6.45, 7) is 6.04. The second kappa shape index (κ2) is 8.28. The van der Waals surface area contributed by atoms with Crippen LogP contribution in [-0.4, -0.2) is 58.7 Å². The molecule has 196 valence electrons. The molecule has 0 radical (unpaired) electrons. The van der Waals surface area contributed by atoms with E-state index in [1.54, 1.807) is 6.07 Å². The highest BCUT2D eigenvalue weighted by molar-refractivity contribution is 7.91. The van der Waals surface area contributed by atoms with Crippen molar-refractivity contribution in [2.45, 2.75) is 70.1 Å². The van der Waals surface area contributed by atoms with Crippen molar-refractivity contribution in [1.82, 2.24) is 19.7 Å². The average molecular weight is 523 g/mol. The molecule has 10 heteroatoms. The van der Waals surface area contributed by atoms with Gasteiger partial charge in [-0.3, -0.25) is 9.58 Å². The van der Waals surface area contributed by atoms with Crippen LogP contribution in [-0.2, 0) is 16.0 Å². The van der Waals surface area contributed by atoms with Crippen molar-refractivity contribution in [3.05, 3.63) is 35.7 Å². The van der Waals surface area contributed by atoms with Gasteiger partial charge in [0.2, 0.25) is 0 Å². The fraction of sp³-hybridized carbons (Fsp3) is 0.692. The highest BCUT2D eigenvalue weighted by atomic mass is 32.2. The number of pyridine rings is 1. The van der Waals surface area contributed by atoms with E-state index in [2.05, 4.69) is 15.0 Å². The molecule has 0 aromatic carbocycles. The molecule has 2 aliphatic heterocycles. The van der Waals surface area contributed by atoms with Gasteiger partial charge in [0.1, 0.15) is 11.4 Å². The molecule has 2 aliphatic carbocycles. The second-order valence-electron chi connectivity index (χ2n) is 11.8. The smallest absolute Gasteiger partial charge is 0.300 e. The maximum absolute atomic E-state index is 13.2. The predicted molar refractivity (Wildman–Crippen MR) is 130 cm³/mol. The maximum Gasteiger partial charge on any atom is 0.433 e. The fourth-order valence-corrected chi connectivity index (χ4v) is 9.54. The Balaban J connectivity index is 1.18. The topological polar surface area (TPSA) is 68.1 Å². The maximum atomic E-state index is 13.2. The molecule has 36 heavy (non-hydrogen) atoms. The number of halogens is 3. The van der Waals surface area contributed by atoms with Gasteiger partial charge >= 0.3 is 6.18 Å². The lowest BCUT2D eigenvalue weighted by Crippen LogP contribution is -2.48. The summed E-state index contributed by atoms with van der Waals surface area (Å²) in [4.78, 5) is 6.41. The van der Waals surface area contributed by atoms with Gasteiger partial charge in [0.25, 0.3) is 0 Å². The lowest BCUT2D eigenvalue weighted by molar-refractivity contribution is -0.141. The van der Waals surface area contributed by atoms with E-state index in [1.807, 2.05) is 24.6 Å². The molecular weight excluding hydrogens is 489 g/mol. The monoisotopic (exact) mass is 522 g/mol. The molecule has 0 bridgehead atoms. The van der Waals surface area contributed by atoms with Crippen molar-refractivity contribution in [3.8, 4) is 11.4 Å². The van der Waals surface area contributed by atoms with Gasteiger partial charge in [0.05, 0.1) is 17.2 Å². The Morgan fingerprint density at radius 3 is 2.50 bits per heavy atom. The van der Waals surface area contributed by atoms with Gasteiger partial charge in [0.15, 0.2) is 9.84 Å². The Morgan fingerprint density at radius 2 is 1.86 bits per heavy atom. The highest BCUT2D eigenvalue weighted by Crippen LogP contribution is 2.64. The first kappa shape index (κ1) is 24.4. The fourth-order valence-electron chi connectivity index (χ4n) is 7.34. The molecule has 4 fully saturated rings. The Morgan fingerprint density at radius 1 is 1.11 bits per heavy atom. The summed E-state index contributed by atoms with van der Waals surface area (Å²) >= 11 is 0. The van der Waals surface area contributed by atoms with Gasteiger partial charge < -0.3 is 0 Å². The molecule has 2 aromatic rings. The quantitative estimate of drug-likeness (QED) is 0.569. The van der Waals surface area contributed by atoms with Gasteiger partial charge in [-0.05, 0) is 87.9 Å². The number of fused-ring (bicyclic) bond motifs is 1. The first-order chi connectivity index (χ1) is 16.9. The summed E-state index contributed by atoms with van der Waals surface area (Å²) < 4.78 is 65.9. The lowest BCUT2D eigenvalue weighted by atomic mass is 9.79. The molecule has 0 N–H and O–H groups in total. The van der Waals surface area contributed by atoms with E-state index >= 15 is 0 Å². The average Bonchev–Trinajstić information content (AvgIpc) is 3.18. The SMILES string of the molecule is CC(C)n1nc(-c2cccc(C(F)(F)F)n2)cc1[C@H]1[C@@H]2C[C@H](N3CCC[C@]4(CCS(=O)(=O)C4)C3)C[C@@H]21. The molecule has 2 saturated carbocycles. The van der Waals surface area contributed by atoms with Crippen molar-refractivity contribution < 1.29 is 21.6 Å². The summed E-state index contributed by atoms with van der Waals surface area (Å²) in [5.41, 5.74) is 0.892. The predicted octanol–water partition coefficient (Wildman–Crippen LogP) is 4.94. The summed E-state index contributed by atoms with van der Waals surface area (Å²) in [7, 11) is -2.90. The number of rotatable bonds is 4. The van der Waals surface area contributed by atoms with Crippen LogP contribution in [0.5, 0.6) is 0 Å². The zero-order valence-corrected chi connectivity index (χ0v) is 21.5. The standard InChI is InChI=1S/C26H33F3N4O2S/c1-16(2)33-22(13-21(31-33)20-5-3-6-23(30-20)26(27,28)29)24-18-11-17(12-19(18)24)32-9-4-7-25(14-32)8-10-36(34,35)15-25/h3,5-6,13,16-19,24H,4,7-12,14-15H2,1-2H3/t17-,18+,19-,24-,25-/m0/s1. The van der Waals surface area contributed by atoms with Crippen LogP contribution in [0.15, 0.2) is 24.3 Å². The first-order valence-electron chi connectivity index (χ1n) is 13.0. The largest absolute Gasteiger partial charge is 0.433 e. The first-order valence-corrected chi connectivity index (χ1v) is 14.9. The van der Waals surface area contributed by atoms with Crippen LogP contribution in [0.4, 0.5) is 13.2 Å². The molecule has 5 atom stereocenters. The minimum Gasteiger partial charge on any atom is -0.300 e. The van der Waals surface area contributed by atoms with E-state index in [0.29, 0.717) is 41.0 Å². The molecule has 6 rings (SSSR count). The molecule has 0 amide bonds. The van der Waals surface area contributed by atoms with E-state index in [-0.39, 0.29) is 17.2 Å². The van der Waals surface area contributed by atoms with Crippen LogP contribution in [0.25, 0.3) is 11.4 Å². The van der Waals surface area contributed by atoms with E-state index in [1.165, 1.54) is 6.07 Å². The van der Waals surface area contributed by atoms with Crippen molar-refractivity contribution in [3.63, 3.8) is 0 Å². The molecule has 2 saturated heterocycles. The molecule has 2 aromatic heterocycles. The van der Waals surface area contributed by atoms with E-state index in [9.17, 15) is 21.6 Å². The third-order valence-corrected chi connectivity index (χ3v) is 10.9. The number of likely N-dealkylation sites (tertiary alicyclic amines) is 1. The van der Waals surface area contributed by atoms with E-state index < -0.39 is 21.7 Å². The van der Waals surface area contributed by atoms with Crippen LogP contribution in [0, 0.1) is 17.3 Å². The van der Waals surface area contributed by atoms with Crippen molar-refractivity contribution >= 4 is 9.84 Å². The summed E-state index contributed by atoms with van der Waals surface area (Å²) in [5, 5.41) is 4.68. The third kappa shape index (κ3) is 4.27. The van der Waals surface area contributed by atoms with Gasteiger partial charge in [0, 0.05) is 30.2 Å². The Hall–Kier alpha value is -1.94. The van der Waals surface area contributed by atoms with Gasteiger partial charge in [-0.1, -0.05) is 6.07 Å². The molecular formula is C26H33F3N4O2S. The van der Waals surface area contributed by atoms with Crippen molar-refractivity contribution in [2.24, 2.45) is 17.3 Å². The number of sulfone groups is 1. The van der Waals surface area contributed by atoms with Crippen LogP contribution in [0.2, 0.25) is 0 Å². The molecule has 4 heterocycles. The number of alkyl halides is 3. The number of piperidine rings is 1. The molecule has 0 unspecified atom stereocenters. The summed E-state index contributed by atoms with van der Waals surface area (Å²) in [6.07, 6.45) is 0.589. The van der Waals surface area contributed by atoms with Gasteiger partial charge in [-0.2, -0.15) is 18.3 Å². The second-order valence-corrected chi connectivity index (χ2v) is 14.0. The number of nitrogens with zero attached hydrogens (tertiary/aromatic N) is 4. The van der Waals surface area contributed by atoms with E-state index in [4.69, 9.17) is 0 Å². The van der Waals surface area contributed by atoms with Crippen LogP contribution in [0.3, 0.4) is 0 Å². The molecule has 4 aliphatic rings. The lowest BCUT2D eigenvalue weighted by Gasteiger charge is -2.43. The Labute approximate surface area is 210 Å². The van der Waals surface area contributed by atoms with Gasteiger partial charge in [-0.25, -0.2) is 13.4 Å². The number of hydrogen-bond donors (Lipinski definition) is 0. The summed E-state index contributed by atoms with van der Waals surface area (Å²) in [5.74, 6) is 2.16. The Bertz CT molecular complexity index is 1260. The summed E-state index contributed by atoms with van der Waals surface area (Å²) in [6, 6.07) is 6.50. The minimum atomic E-state index is -4.49. The normalized spacial score (nSPS) is 33.9. The van der Waals surface area contributed by atoms with Crippen LogP contribution < -0.4 is 0 Å². The minimum absolute atomic E-state index is 0.0492. The van der Waals surface area contributed by atoms with E-state index in [0.717, 1.165) is 57.0 Å². The highest BCUT2D eigenvalue weighted by Gasteiger charge is 2.59. The van der Waals surface area contributed by atoms with Gasteiger partial charge in [-0.15, -0.1) is 0 Å². The number of hydrogen-bond acceptors (Lipinski definition) is 5. The Kier molecular flexibility index (Phi) is 5.61. The number of aromatic nitrogens is 3. The van der Waals surface area contributed by atoms with Crippen LogP contribution >= 0.6 is 0 Å². The zero-order chi connectivity index (χ0) is 25.5. The zero-order valence-electron chi connectivity index (χ0n) is 20.7. The van der Waals surface area contributed by atoms with Crippen molar-refractivity contribution in [1.29, 1.82) is 0 Å². The van der Waals surface area contributed by atoms with Crippen LogP contribution in [0.1, 0.15) is 69.3 Å².